The van der Waals surface area contributed by atoms with Gasteiger partial charge in [0.1, 0.15) is 0 Å². The Morgan fingerprint density at radius 1 is 1.00 bits per heavy atom. The van der Waals surface area contributed by atoms with E-state index in [-0.39, 0.29) is 0 Å². The molecule has 2 aromatic rings. The largest absolute Gasteiger partial charge is 0.121 e. The van der Waals surface area contributed by atoms with Gasteiger partial charge in [0.25, 0.3) is 0 Å². The first-order chi connectivity index (χ1) is 7.75. The van der Waals surface area contributed by atoms with E-state index in [0.29, 0.717) is 10.0 Å². The lowest BCUT2D eigenvalue weighted by Gasteiger charge is -2.03. The normalized spacial score (nSPS) is 10.4. The molecule has 16 heavy (non-hydrogen) atoms. The minimum Gasteiger partial charge on any atom is -0.121 e. The van der Waals surface area contributed by atoms with Crippen molar-refractivity contribution in [2.75, 3.05) is 0 Å². The highest BCUT2D eigenvalue weighted by atomic mass is 35.5. The lowest BCUT2D eigenvalue weighted by Crippen LogP contribution is -1.81. The molecule has 0 N–H and O–H groups in total. The van der Waals surface area contributed by atoms with Crippen LogP contribution in [0.4, 0.5) is 0 Å². The van der Waals surface area contributed by atoms with Crippen LogP contribution in [0.2, 0.25) is 10.0 Å². The van der Waals surface area contributed by atoms with Crippen molar-refractivity contribution >= 4 is 35.0 Å². The lowest BCUT2D eigenvalue weighted by molar-refractivity contribution is 1.38. The summed E-state index contributed by atoms with van der Waals surface area (Å²) in [5, 5.41) is 1.21. The van der Waals surface area contributed by atoms with E-state index in [9.17, 15) is 0 Å². The van der Waals surface area contributed by atoms with E-state index in [2.05, 4.69) is 6.07 Å². The number of hydrogen-bond donors (Lipinski definition) is 0. The Morgan fingerprint density at radius 2 is 1.75 bits per heavy atom. The summed E-state index contributed by atoms with van der Waals surface area (Å²) in [4.78, 5) is 1.23. The van der Waals surface area contributed by atoms with Crippen molar-refractivity contribution in [2.24, 2.45) is 0 Å². The lowest BCUT2D eigenvalue weighted by atomic mass is 10.2. The molecule has 0 aliphatic rings. The van der Waals surface area contributed by atoms with Crippen LogP contribution >= 0.6 is 35.0 Å². The molecule has 0 heterocycles. The van der Waals surface area contributed by atoms with Crippen molar-refractivity contribution in [3.8, 4) is 0 Å². The summed E-state index contributed by atoms with van der Waals surface area (Å²) in [6.07, 6.45) is 0. The highest BCUT2D eigenvalue weighted by Crippen LogP contribution is 2.27. The predicted octanol–water partition coefficient (Wildman–Crippen LogP) is 5.09. The fourth-order valence-electron chi connectivity index (χ4n) is 1.26. The number of hydrogen-bond acceptors (Lipinski definition) is 1. The van der Waals surface area contributed by atoms with Gasteiger partial charge in [-0.05, 0) is 35.9 Å². The van der Waals surface area contributed by atoms with Gasteiger partial charge in [-0.3, -0.25) is 0 Å². The molecule has 0 aliphatic carbocycles. The van der Waals surface area contributed by atoms with Gasteiger partial charge in [-0.15, -0.1) is 11.8 Å². The van der Waals surface area contributed by atoms with Gasteiger partial charge in [-0.25, -0.2) is 0 Å². The third-order valence-electron chi connectivity index (χ3n) is 2.08. The summed E-state index contributed by atoms with van der Waals surface area (Å²) in [6.45, 7) is 0. The Bertz CT molecular complexity index is 469. The van der Waals surface area contributed by atoms with E-state index in [0.717, 1.165) is 5.75 Å². The van der Waals surface area contributed by atoms with Gasteiger partial charge < -0.3 is 0 Å². The smallest absolute Gasteiger partial charge is 0.0595 e. The highest BCUT2D eigenvalue weighted by Gasteiger charge is 2.00. The number of rotatable bonds is 3. The fourth-order valence-corrected chi connectivity index (χ4v) is 2.43. The number of thioether (sulfide) groups is 1. The van der Waals surface area contributed by atoms with Crippen molar-refractivity contribution in [3.63, 3.8) is 0 Å². The van der Waals surface area contributed by atoms with Crippen molar-refractivity contribution in [2.45, 2.75) is 10.6 Å². The van der Waals surface area contributed by atoms with E-state index in [4.69, 9.17) is 23.2 Å². The molecule has 0 unspecified atom stereocenters. The van der Waals surface area contributed by atoms with Gasteiger partial charge >= 0.3 is 0 Å². The zero-order valence-electron chi connectivity index (χ0n) is 8.41. The molecule has 2 rings (SSSR count). The minimum absolute atomic E-state index is 0.602. The summed E-state index contributed by atoms with van der Waals surface area (Å²) in [5.74, 6) is 0.890. The van der Waals surface area contributed by atoms with E-state index in [1.807, 2.05) is 42.5 Å². The molecule has 3 heteroatoms. The van der Waals surface area contributed by atoms with E-state index in [1.165, 1.54) is 10.5 Å². The molecule has 0 fully saturated rings. The summed E-state index contributed by atoms with van der Waals surface area (Å²) in [5.41, 5.74) is 1.17. The molecule has 0 aliphatic heterocycles. The van der Waals surface area contributed by atoms with Gasteiger partial charge in [0.2, 0.25) is 0 Å². The van der Waals surface area contributed by atoms with Crippen LogP contribution < -0.4 is 0 Å². The number of benzene rings is 2. The maximum atomic E-state index is 5.95. The average Bonchev–Trinajstić information content (AvgIpc) is 2.32. The molecule has 2 aromatic carbocycles. The van der Waals surface area contributed by atoms with Crippen LogP contribution in [0.1, 0.15) is 5.56 Å². The fraction of sp³-hybridized carbons (Fsp3) is 0.0769. The Morgan fingerprint density at radius 3 is 2.44 bits per heavy atom. The SMILES string of the molecule is Clc1ccc(CSc2cc[c]cc2)cc1Cl. The van der Waals surface area contributed by atoms with Crippen LogP contribution in [0.25, 0.3) is 0 Å². The summed E-state index contributed by atoms with van der Waals surface area (Å²) < 4.78 is 0. The average molecular weight is 268 g/mol. The van der Waals surface area contributed by atoms with Crippen LogP contribution in [0.3, 0.4) is 0 Å². The topological polar surface area (TPSA) is 0 Å². The first-order valence-electron chi connectivity index (χ1n) is 4.78. The molecule has 0 aromatic heterocycles. The van der Waals surface area contributed by atoms with Gasteiger partial charge in [0, 0.05) is 10.6 Å². The molecular weight excluding hydrogens is 259 g/mol. The molecule has 1 radical (unpaired) electrons. The van der Waals surface area contributed by atoms with Crippen molar-refractivity contribution in [3.05, 3.63) is 64.1 Å². The molecular formula is C13H9Cl2S. The maximum Gasteiger partial charge on any atom is 0.0595 e. The van der Waals surface area contributed by atoms with Gasteiger partial charge in [-0.1, -0.05) is 41.4 Å². The zero-order chi connectivity index (χ0) is 11.4. The Hall–Kier alpha value is -0.630. The van der Waals surface area contributed by atoms with Crippen LogP contribution in [-0.2, 0) is 5.75 Å². The molecule has 0 nitrogen and oxygen atoms in total. The Kier molecular flexibility index (Phi) is 4.16. The third-order valence-corrected chi connectivity index (χ3v) is 3.90. The quantitative estimate of drug-likeness (QED) is 0.699. The van der Waals surface area contributed by atoms with Crippen molar-refractivity contribution in [1.29, 1.82) is 0 Å². The summed E-state index contributed by atoms with van der Waals surface area (Å²) in [6, 6.07) is 16.6. The number of halogens is 2. The second-order valence-electron chi connectivity index (χ2n) is 3.27. The molecule has 0 spiro atoms. The highest BCUT2D eigenvalue weighted by molar-refractivity contribution is 7.98. The summed E-state index contributed by atoms with van der Waals surface area (Å²) >= 11 is 13.6. The monoisotopic (exact) mass is 267 g/mol. The second kappa shape index (κ2) is 5.62. The van der Waals surface area contributed by atoms with Gasteiger partial charge in [0.05, 0.1) is 10.0 Å². The van der Waals surface area contributed by atoms with E-state index in [1.54, 1.807) is 11.8 Å². The molecule has 0 saturated heterocycles. The van der Waals surface area contributed by atoms with Crippen molar-refractivity contribution < 1.29 is 0 Å². The second-order valence-corrected chi connectivity index (χ2v) is 5.14. The van der Waals surface area contributed by atoms with Crippen LogP contribution in [0.15, 0.2) is 47.4 Å². The standard InChI is InChI=1S/C13H9Cl2S/c14-12-7-6-10(8-13(12)15)9-16-11-4-2-1-3-5-11/h2-8H,9H2. The molecule has 0 amide bonds. The van der Waals surface area contributed by atoms with E-state index >= 15 is 0 Å². The van der Waals surface area contributed by atoms with Crippen LogP contribution in [-0.4, -0.2) is 0 Å². The van der Waals surface area contributed by atoms with Gasteiger partial charge in [-0.2, -0.15) is 0 Å². The predicted molar refractivity (Wildman–Crippen MR) is 71.3 cm³/mol. The molecule has 81 valence electrons. The van der Waals surface area contributed by atoms with Crippen LogP contribution in [0.5, 0.6) is 0 Å². The Balaban J connectivity index is 2.03. The first kappa shape index (κ1) is 11.8. The maximum absolute atomic E-state index is 5.95. The Labute approximate surface area is 110 Å². The minimum atomic E-state index is 0.602. The molecule has 0 bridgehead atoms. The van der Waals surface area contributed by atoms with Crippen LogP contribution in [0, 0.1) is 6.07 Å². The summed E-state index contributed by atoms with van der Waals surface area (Å²) in [7, 11) is 0. The molecule has 0 saturated carbocycles. The van der Waals surface area contributed by atoms with Gasteiger partial charge in [0.15, 0.2) is 0 Å². The third kappa shape index (κ3) is 3.18. The van der Waals surface area contributed by atoms with E-state index < -0.39 is 0 Å². The van der Waals surface area contributed by atoms with Crippen molar-refractivity contribution in [1.82, 2.24) is 0 Å². The zero-order valence-corrected chi connectivity index (χ0v) is 10.7. The molecule has 0 atom stereocenters. The first-order valence-corrected chi connectivity index (χ1v) is 6.53.